The van der Waals surface area contributed by atoms with E-state index < -0.39 is 12.0 Å². The minimum absolute atomic E-state index is 0.157. The third-order valence-electron chi connectivity index (χ3n) is 3.14. The lowest BCUT2D eigenvalue weighted by Gasteiger charge is -2.18. The molecule has 1 aromatic carbocycles. The van der Waals surface area contributed by atoms with Crippen molar-refractivity contribution < 1.29 is 14.3 Å². The van der Waals surface area contributed by atoms with Gasteiger partial charge in [0.25, 0.3) is 0 Å². The molecular weight excluding hydrogens is 254 g/mol. The van der Waals surface area contributed by atoms with Crippen molar-refractivity contribution in [1.29, 1.82) is 0 Å². The summed E-state index contributed by atoms with van der Waals surface area (Å²) in [6, 6.07) is 7.16. The molecule has 0 aliphatic carbocycles. The quantitative estimate of drug-likeness (QED) is 0.811. The Bertz CT molecular complexity index is 469. The number of nitrogens with one attached hydrogen (secondary N) is 1. The Balaban J connectivity index is 2.66. The van der Waals surface area contributed by atoms with Gasteiger partial charge < -0.3 is 10.1 Å². The molecule has 0 fully saturated rings. The lowest BCUT2D eigenvalue weighted by atomic mass is 10.0. The Morgan fingerprint density at radius 1 is 1.25 bits per heavy atom. The van der Waals surface area contributed by atoms with Crippen LogP contribution in [0.25, 0.3) is 0 Å². The van der Waals surface area contributed by atoms with Gasteiger partial charge in [0.05, 0.1) is 13.5 Å². The second-order valence-electron chi connectivity index (χ2n) is 5.38. The van der Waals surface area contributed by atoms with Gasteiger partial charge in [0.1, 0.15) is 6.04 Å². The molecule has 1 amide bonds. The first kappa shape index (κ1) is 16.2. The monoisotopic (exact) mass is 277 g/mol. The van der Waals surface area contributed by atoms with E-state index in [4.69, 9.17) is 4.74 Å². The van der Waals surface area contributed by atoms with Crippen LogP contribution in [0, 0.1) is 12.8 Å². The van der Waals surface area contributed by atoms with Crippen LogP contribution in [0.2, 0.25) is 0 Å². The molecular formula is C16H23NO3. The zero-order chi connectivity index (χ0) is 15.1. The van der Waals surface area contributed by atoms with Gasteiger partial charge in [0, 0.05) is 0 Å². The van der Waals surface area contributed by atoms with Crippen LogP contribution in [0.1, 0.15) is 31.4 Å². The highest BCUT2D eigenvalue weighted by Gasteiger charge is 2.22. The minimum Gasteiger partial charge on any atom is -0.467 e. The molecule has 1 unspecified atom stereocenters. The number of hydrogen-bond acceptors (Lipinski definition) is 3. The lowest BCUT2D eigenvalue weighted by Crippen LogP contribution is -2.43. The first-order valence-corrected chi connectivity index (χ1v) is 6.85. The van der Waals surface area contributed by atoms with Gasteiger partial charge in [-0.05, 0) is 30.4 Å². The molecule has 4 heteroatoms. The first-order valence-electron chi connectivity index (χ1n) is 6.85. The Morgan fingerprint density at radius 2 is 1.90 bits per heavy atom. The molecule has 0 aliphatic heterocycles. The van der Waals surface area contributed by atoms with Crippen LogP contribution in [0.3, 0.4) is 0 Å². The van der Waals surface area contributed by atoms with E-state index in [1.54, 1.807) is 0 Å². The van der Waals surface area contributed by atoms with Crippen molar-refractivity contribution in [1.82, 2.24) is 5.32 Å². The molecule has 0 bridgehead atoms. The van der Waals surface area contributed by atoms with Crippen molar-refractivity contribution in [2.45, 2.75) is 39.7 Å². The highest BCUT2D eigenvalue weighted by atomic mass is 16.5. The number of benzene rings is 1. The van der Waals surface area contributed by atoms with Crippen LogP contribution in [0.15, 0.2) is 24.3 Å². The molecule has 0 radical (unpaired) electrons. The molecule has 20 heavy (non-hydrogen) atoms. The van der Waals surface area contributed by atoms with Gasteiger partial charge >= 0.3 is 5.97 Å². The Hall–Kier alpha value is -1.84. The third-order valence-corrected chi connectivity index (χ3v) is 3.14. The summed E-state index contributed by atoms with van der Waals surface area (Å²) in [4.78, 5) is 23.7. The predicted molar refractivity (Wildman–Crippen MR) is 78.3 cm³/mol. The Labute approximate surface area is 120 Å². The first-order chi connectivity index (χ1) is 9.43. The lowest BCUT2D eigenvalue weighted by molar-refractivity contribution is -0.145. The van der Waals surface area contributed by atoms with Crippen molar-refractivity contribution in [2.24, 2.45) is 5.92 Å². The van der Waals surface area contributed by atoms with Crippen LogP contribution in [0.5, 0.6) is 0 Å². The number of carbonyl (C=O) groups is 2. The van der Waals surface area contributed by atoms with E-state index in [0.29, 0.717) is 12.3 Å². The zero-order valence-corrected chi connectivity index (χ0v) is 12.6. The highest BCUT2D eigenvalue weighted by Crippen LogP contribution is 2.10. The van der Waals surface area contributed by atoms with E-state index in [1.165, 1.54) is 7.11 Å². The number of esters is 1. The molecule has 0 saturated carbocycles. The molecule has 1 rings (SSSR count). The predicted octanol–water partition coefficient (Wildman–Crippen LogP) is 2.24. The standard InChI is InChI=1S/C16H23NO3/c1-11(2)9-14(16(19)20-4)17-15(18)10-13-8-6-5-7-12(13)3/h5-8,11,14H,9-10H2,1-4H3,(H,17,18). The fourth-order valence-corrected chi connectivity index (χ4v) is 2.05. The van der Waals surface area contributed by atoms with Gasteiger partial charge in [-0.25, -0.2) is 4.79 Å². The summed E-state index contributed by atoms with van der Waals surface area (Å²) < 4.78 is 4.73. The molecule has 0 saturated heterocycles. The highest BCUT2D eigenvalue weighted by molar-refractivity contribution is 5.85. The summed E-state index contributed by atoms with van der Waals surface area (Å²) in [5.41, 5.74) is 2.04. The Kier molecular flexibility index (Phi) is 6.22. The van der Waals surface area contributed by atoms with Gasteiger partial charge in [-0.15, -0.1) is 0 Å². The van der Waals surface area contributed by atoms with E-state index >= 15 is 0 Å². The van der Waals surface area contributed by atoms with Crippen molar-refractivity contribution in [3.05, 3.63) is 35.4 Å². The van der Waals surface area contributed by atoms with Gasteiger partial charge in [0.2, 0.25) is 5.91 Å². The summed E-state index contributed by atoms with van der Waals surface area (Å²) in [7, 11) is 1.34. The van der Waals surface area contributed by atoms with Crippen molar-refractivity contribution in [3.63, 3.8) is 0 Å². The maximum absolute atomic E-state index is 12.1. The van der Waals surface area contributed by atoms with Crippen molar-refractivity contribution in [3.8, 4) is 0 Å². The van der Waals surface area contributed by atoms with Gasteiger partial charge in [-0.2, -0.15) is 0 Å². The number of rotatable bonds is 6. The zero-order valence-electron chi connectivity index (χ0n) is 12.6. The van der Waals surface area contributed by atoms with Gasteiger partial charge in [-0.1, -0.05) is 38.1 Å². The molecule has 0 aliphatic rings. The number of methoxy groups -OCH3 is 1. The molecule has 1 atom stereocenters. The average Bonchev–Trinajstić information content (AvgIpc) is 2.39. The van der Waals surface area contributed by atoms with Crippen LogP contribution >= 0.6 is 0 Å². The Morgan fingerprint density at radius 3 is 2.45 bits per heavy atom. The minimum atomic E-state index is -0.573. The molecule has 110 valence electrons. The van der Waals surface area contributed by atoms with Gasteiger partial charge in [0.15, 0.2) is 0 Å². The second kappa shape index (κ2) is 7.68. The van der Waals surface area contributed by atoms with E-state index in [-0.39, 0.29) is 12.3 Å². The molecule has 0 aromatic heterocycles. The number of hydrogen-bond donors (Lipinski definition) is 1. The van der Waals surface area contributed by atoms with Crippen molar-refractivity contribution in [2.75, 3.05) is 7.11 Å². The van der Waals surface area contributed by atoms with E-state index in [2.05, 4.69) is 5.32 Å². The van der Waals surface area contributed by atoms with Crippen LogP contribution in [-0.2, 0) is 20.7 Å². The van der Waals surface area contributed by atoms with E-state index in [9.17, 15) is 9.59 Å². The number of ether oxygens (including phenoxy) is 1. The topological polar surface area (TPSA) is 55.4 Å². The van der Waals surface area contributed by atoms with Crippen LogP contribution in [-0.4, -0.2) is 25.0 Å². The van der Waals surface area contributed by atoms with Crippen molar-refractivity contribution >= 4 is 11.9 Å². The fraction of sp³-hybridized carbons (Fsp3) is 0.500. The average molecular weight is 277 g/mol. The summed E-state index contributed by atoms with van der Waals surface area (Å²) in [5.74, 6) is -0.245. The molecule has 0 spiro atoms. The normalized spacial score (nSPS) is 12.1. The van der Waals surface area contributed by atoms with Crippen LogP contribution in [0.4, 0.5) is 0 Å². The SMILES string of the molecule is COC(=O)C(CC(C)C)NC(=O)Cc1ccccc1C. The second-order valence-corrected chi connectivity index (χ2v) is 5.38. The third kappa shape index (κ3) is 5.03. The summed E-state index contributed by atoms with van der Waals surface area (Å²) >= 11 is 0. The number of aryl methyl sites for hydroxylation is 1. The van der Waals surface area contributed by atoms with Crippen LogP contribution < -0.4 is 5.32 Å². The number of amides is 1. The smallest absolute Gasteiger partial charge is 0.328 e. The van der Waals surface area contributed by atoms with E-state index in [0.717, 1.165) is 11.1 Å². The maximum Gasteiger partial charge on any atom is 0.328 e. The molecule has 0 heterocycles. The van der Waals surface area contributed by atoms with Gasteiger partial charge in [-0.3, -0.25) is 4.79 Å². The molecule has 4 nitrogen and oxygen atoms in total. The number of carbonyl (C=O) groups excluding carboxylic acids is 2. The summed E-state index contributed by atoms with van der Waals surface area (Å²) in [5, 5.41) is 2.76. The molecule has 1 N–H and O–H groups in total. The van der Waals surface area contributed by atoms with E-state index in [1.807, 2.05) is 45.0 Å². The molecule has 1 aromatic rings. The largest absolute Gasteiger partial charge is 0.467 e. The maximum atomic E-state index is 12.1. The summed E-state index contributed by atoms with van der Waals surface area (Å²) in [6.07, 6.45) is 0.852. The fourth-order valence-electron chi connectivity index (χ4n) is 2.05. The summed E-state index contributed by atoms with van der Waals surface area (Å²) in [6.45, 7) is 5.97.